The zero-order valence-electron chi connectivity index (χ0n) is 10.7. The third-order valence-corrected chi connectivity index (χ3v) is 2.72. The summed E-state index contributed by atoms with van der Waals surface area (Å²) in [5.41, 5.74) is 0.367. The highest BCUT2D eigenvalue weighted by molar-refractivity contribution is 6.05. The first-order valence-electron chi connectivity index (χ1n) is 5.69. The van der Waals surface area contributed by atoms with Crippen molar-refractivity contribution in [3.8, 4) is 11.5 Å². The van der Waals surface area contributed by atoms with Crippen molar-refractivity contribution in [1.29, 1.82) is 0 Å². The van der Waals surface area contributed by atoms with Crippen molar-refractivity contribution < 1.29 is 14.6 Å². The molecule has 0 unspecified atom stereocenters. The molecule has 0 aliphatic rings. The van der Waals surface area contributed by atoms with Gasteiger partial charge in [-0.25, -0.2) is 4.98 Å². The Hall–Kier alpha value is -2.56. The maximum absolute atomic E-state index is 12.2. The Morgan fingerprint density at radius 2 is 2.11 bits per heavy atom. The Morgan fingerprint density at radius 3 is 2.68 bits per heavy atom. The second-order valence-corrected chi connectivity index (χ2v) is 3.94. The summed E-state index contributed by atoms with van der Waals surface area (Å²) < 4.78 is 4.94. The second kappa shape index (κ2) is 5.39. The molecule has 0 fully saturated rings. The third-order valence-electron chi connectivity index (χ3n) is 2.72. The van der Waals surface area contributed by atoms with Gasteiger partial charge in [-0.2, -0.15) is 0 Å². The molecule has 2 rings (SSSR count). The molecule has 98 valence electrons. The van der Waals surface area contributed by atoms with Crippen molar-refractivity contribution in [2.24, 2.45) is 0 Å². The summed E-state index contributed by atoms with van der Waals surface area (Å²) in [7, 11) is 3.09. The predicted octanol–water partition coefficient (Wildman–Crippen LogP) is 2.07. The zero-order chi connectivity index (χ0) is 13.8. The van der Waals surface area contributed by atoms with Crippen LogP contribution in [0.5, 0.6) is 11.5 Å². The van der Waals surface area contributed by atoms with E-state index in [1.54, 1.807) is 43.6 Å². The van der Waals surface area contributed by atoms with Gasteiger partial charge in [0.1, 0.15) is 5.82 Å². The molecule has 5 heteroatoms. The number of ether oxygens (including phenoxy) is 1. The minimum Gasteiger partial charge on any atom is -0.504 e. The Morgan fingerprint density at radius 1 is 1.32 bits per heavy atom. The summed E-state index contributed by atoms with van der Waals surface area (Å²) in [4.78, 5) is 17.7. The Balaban J connectivity index is 2.27. The lowest BCUT2D eigenvalue weighted by atomic mass is 10.2. The number of hydrogen-bond acceptors (Lipinski definition) is 4. The molecular formula is C14H14N2O3. The fourth-order valence-electron chi connectivity index (χ4n) is 1.67. The van der Waals surface area contributed by atoms with E-state index in [0.717, 1.165) is 0 Å². The van der Waals surface area contributed by atoms with Crippen molar-refractivity contribution in [2.45, 2.75) is 0 Å². The number of nitrogens with zero attached hydrogens (tertiary/aromatic N) is 2. The molecule has 0 spiro atoms. The summed E-state index contributed by atoms with van der Waals surface area (Å²) in [6, 6.07) is 9.84. The first kappa shape index (κ1) is 12.9. The van der Waals surface area contributed by atoms with Crippen LogP contribution in [-0.2, 0) is 0 Å². The summed E-state index contributed by atoms with van der Waals surface area (Å²) in [5, 5.41) is 9.68. The lowest BCUT2D eigenvalue weighted by molar-refractivity contribution is 0.0992. The van der Waals surface area contributed by atoms with Crippen LogP contribution in [0.4, 0.5) is 5.82 Å². The maximum atomic E-state index is 12.2. The van der Waals surface area contributed by atoms with Crippen LogP contribution < -0.4 is 9.64 Å². The van der Waals surface area contributed by atoms with Gasteiger partial charge in [-0.1, -0.05) is 6.07 Å². The van der Waals surface area contributed by atoms with Crippen LogP contribution in [0.1, 0.15) is 10.4 Å². The molecule has 1 N–H and O–H groups in total. The normalized spacial score (nSPS) is 10.0. The van der Waals surface area contributed by atoms with Gasteiger partial charge in [0.05, 0.1) is 7.11 Å². The molecule has 0 saturated carbocycles. The molecule has 1 heterocycles. The van der Waals surface area contributed by atoms with Gasteiger partial charge in [-0.05, 0) is 30.3 Å². The van der Waals surface area contributed by atoms with Crippen LogP contribution in [0.15, 0.2) is 42.6 Å². The number of benzene rings is 1. The van der Waals surface area contributed by atoms with Gasteiger partial charge in [0.2, 0.25) is 0 Å². The van der Waals surface area contributed by atoms with E-state index in [2.05, 4.69) is 4.98 Å². The number of anilines is 1. The Bertz CT molecular complexity index is 584. The SMILES string of the molecule is COc1ccc(C(=O)N(C)c2ccccn2)cc1O. The lowest BCUT2D eigenvalue weighted by Gasteiger charge is -2.16. The fourth-order valence-corrected chi connectivity index (χ4v) is 1.67. The molecule has 0 atom stereocenters. The molecule has 0 saturated heterocycles. The van der Waals surface area contributed by atoms with Crippen LogP contribution in [-0.4, -0.2) is 30.2 Å². The summed E-state index contributed by atoms with van der Waals surface area (Å²) >= 11 is 0. The van der Waals surface area contributed by atoms with Gasteiger partial charge in [0.25, 0.3) is 5.91 Å². The molecule has 1 aromatic heterocycles. The quantitative estimate of drug-likeness (QED) is 0.915. The monoisotopic (exact) mass is 258 g/mol. The maximum Gasteiger partial charge on any atom is 0.259 e. The summed E-state index contributed by atoms with van der Waals surface area (Å²) in [6.45, 7) is 0. The number of hydrogen-bond donors (Lipinski definition) is 1. The molecule has 19 heavy (non-hydrogen) atoms. The lowest BCUT2D eigenvalue weighted by Crippen LogP contribution is -2.26. The highest BCUT2D eigenvalue weighted by atomic mass is 16.5. The highest BCUT2D eigenvalue weighted by Gasteiger charge is 2.15. The number of amides is 1. The van der Waals surface area contributed by atoms with Crippen molar-refractivity contribution in [2.75, 3.05) is 19.1 Å². The Kier molecular flexibility index (Phi) is 3.66. The predicted molar refractivity (Wildman–Crippen MR) is 71.6 cm³/mol. The van der Waals surface area contributed by atoms with Gasteiger partial charge in [0, 0.05) is 18.8 Å². The molecular weight excluding hydrogens is 244 g/mol. The van der Waals surface area contributed by atoms with E-state index in [1.165, 1.54) is 18.1 Å². The average Bonchev–Trinajstić information content (AvgIpc) is 2.46. The van der Waals surface area contributed by atoms with Crippen molar-refractivity contribution >= 4 is 11.7 Å². The molecule has 0 radical (unpaired) electrons. The van der Waals surface area contributed by atoms with Crippen molar-refractivity contribution in [1.82, 2.24) is 4.98 Å². The van der Waals surface area contributed by atoms with Crippen LogP contribution in [0.25, 0.3) is 0 Å². The molecule has 0 bridgehead atoms. The van der Waals surface area contributed by atoms with E-state index in [1.807, 2.05) is 0 Å². The van der Waals surface area contributed by atoms with Crippen molar-refractivity contribution in [3.63, 3.8) is 0 Å². The number of carbonyl (C=O) groups is 1. The molecule has 5 nitrogen and oxygen atoms in total. The molecule has 0 aliphatic carbocycles. The molecule has 1 aromatic carbocycles. The van der Waals surface area contributed by atoms with Crippen molar-refractivity contribution in [3.05, 3.63) is 48.2 Å². The van der Waals surface area contributed by atoms with Crippen LogP contribution in [0.3, 0.4) is 0 Å². The Labute approximate surface area is 111 Å². The van der Waals surface area contributed by atoms with Crippen LogP contribution in [0.2, 0.25) is 0 Å². The van der Waals surface area contributed by atoms with E-state index in [9.17, 15) is 9.90 Å². The number of pyridine rings is 1. The smallest absolute Gasteiger partial charge is 0.259 e. The number of phenols is 1. The van der Waals surface area contributed by atoms with Gasteiger partial charge < -0.3 is 9.84 Å². The van der Waals surface area contributed by atoms with Gasteiger partial charge in [0.15, 0.2) is 11.5 Å². The number of methoxy groups -OCH3 is 1. The van der Waals surface area contributed by atoms with E-state index in [0.29, 0.717) is 17.1 Å². The second-order valence-electron chi connectivity index (χ2n) is 3.94. The third kappa shape index (κ3) is 2.65. The van der Waals surface area contributed by atoms with Crippen LogP contribution >= 0.6 is 0 Å². The minimum absolute atomic E-state index is 0.0669. The fraction of sp³-hybridized carbons (Fsp3) is 0.143. The van der Waals surface area contributed by atoms with E-state index in [4.69, 9.17) is 4.74 Å². The standard InChI is InChI=1S/C14H14N2O3/c1-16(13-5-3-4-8-15-13)14(18)10-6-7-12(19-2)11(17)9-10/h3-9,17H,1-2H3. The van der Waals surface area contributed by atoms with Crippen LogP contribution in [0, 0.1) is 0 Å². The molecule has 1 amide bonds. The van der Waals surface area contributed by atoms with E-state index >= 15 is 0 Å². The minimum atomic E-state index is -0.253. The average molecular weight is 258 g/mol. The van der Waals surface area contributed by atoms with Gasteiger partial charge >= 0.3 is 0 Å². The summed E-state index contributed by atoms with van der Waals surface area (Å²) in [5.74, 6) is 0.555. The van der Waals surface area contributed by atoms with E-state index in [-0.39, 0.29) is 11.7 Å². The number of phenolic OH excluding ortho intramolecular Hbond substituents is 1. The number of rotatable bonds is 3. The zero-order valence-corrected chi connectivity index (χ0v) is 10.7. The number of aromatic nitrogens is 1. The molecule has 2 aromatic rings. The first-order chi connectivity index (χ1) is 9.13. The van der Waals surface area contributed by atoms with Gasteiger partial charge in [-0.15, -0.1) is 0 Å². The van der Waals surface area contributed by atoms with Gasteiger partial charge in [-0.3, -0.25) is 9.69 Å². The summed E-state index contributed by atoms with van der Waals surface area (Å²) in [6.07, 6.45) is 1.62. The molecule has 0 aliphatic heterocycles. The highest BCUT2D eigenvalue weighted by Crippen LogP contribution is 2.27. The number of carbonyl (C=O) groups excluding carboxylic acids is 1. The first-order valence-corrected chi connectivity index (χ1v) is 5.69. The number of aromatic hydroxyl groups is 1. The topological polar surface area (TPSA) is 62.7 Å². The van der Waals surface area contributed by atoms with E-state index < -0.39 is 0 Å². The largest absolute Gasteiger partial charge is 0.504 e.